The third-order valence-electron chi connectivity index (χ3n) is 6.03. The minimum absolute atomic E-state index is 0.265. The molecule has 3 fully saturated rings. The number of hydrogen-bond acceptors (Lipinski definition) is 3. The van der Waals surface area contributed by atoms with Gasteiger partial charge in [0.2, 0.25) is 0 Å². The van der Waals surface area contributed by atoms with Crippen molar-refractivity contribution in [2.45, 2.75) is 76.4 Å². The van der Waals surface area contributed by atoms with Crippen molar-refractivity contribution in [3.05, 3.63) is 0 Å². The fourth-order valence-electron chi connectivity index (χ4n) is 4.56. The van der Waals surface area contributed by atoms with E-state index in [9.17, 15) is 0 Å². The average Bonchev–Trinajstić information content (AvgIpc) is 2.87. The number of hydrogen-bond donors (Lipinski definition) is 1. The summed E-state index contributed by atoms with van der Waals surface area (Å²) in [6.07, 6.45) is 8.17. The van der Waals surface area contributed by atoms with E-state index >= 15 is 0 Å². The molecule has 3 rings (SSSR count). The van der Waals surface area contributed by atoms with Gasteiger partial charge in [-0.2, -0.15) is 0 Å². The lowest BCUT2D eigenvalue weighted by atomic mass is 9.76. The summed E-state index contributed by atoms with van der Waals surface area (Å²) in [6, 6.07) is 0.661. The van der Waals surface area contributed by atoms with Crippen molar-refractivity contribution < 1.29 is 4.74 Å². The van der Waals surface area contributed by atoms with Crippen molar-refractivity contribution in [2.24, 2.45) is 5.92 Å². The summed E-state index contributed by atoms with van der Waals surface area (Å²) in [5.74, 6) is 0.709. The van der Waals surface area contributed by atoms with E-state index in [0.717, 1.165) is 19.8 Å². The first-order valence-electron chi connectivity index (χ1n) is 8.64. The number of ether oxygens (including phenoxy) is 1. The maximum absolute atomic E-state index is 5.76. The Hall–Kier alpha value is -0.120. The van der Waals surface area contributed by atoms with Crippen molar-refractivity contribution in [2.75, 3.05) is 26.3 Å². The van der Waals surface area contributed by atoms with Gasteiger partial charge in [-0.05, 0) is 32.1 Å². The highest BCUT2D eigenvalue weighted by molar-refractivity contribution is 5.05. The van der Waals surface area contributed by atoms with E-state index in [0.29, 0.717) is 17.5 Å². The molecule has 1 spiro atoms. The van der Waals surface area contributed by atoms with E-state index in [4.69, 9.17) is 4.74 Å². The average molecular weight is 280 g/mol. The van der Waals surface area contributed by atoms with Gasteiger partial charge in [-0.15, -0.1) is 0 Å². The summed E-state index contributed by atoms with van der Waals surface area (Å²) in [5.41, 5.74) is 0.663. The minimum Gasteiger partial charge on any atom is -0.379 e. The second kappa shape index (κ2) is 5.58. The van der Waals surface area contributed by atoms with Crippen molar-refractivity contribution in [3.8, 4) is 0 Å². The Morgan fingerprint density at radius 3 is 2.50 bits per heavy atom. The second-order valence-corrected chi connectivity index (χ2v) is 7.96. The van der Waals surface area contributed by atoms with Crippen LogP contribution in [0.3, 0.4) is 0 Å². The molecule has 0 amide bonds. The first-order chi connectivity index (χ1) is 9.55. The summed E-state index contributed by atoms with van der Waals surface area (Å²) < 4.78 is 5.76. The van der Waals surface area contributed by atoms with Crippen molar-refractivity contribution in [3.63, 3.8) is 0 Å². The summed E-state index contributed by atoms with van der Waals surface area (Å²) in [7, 11) is 0. The van der Waals surface area contributed by atoms with Crippen LogP contribution in [-0.4, -0.2) is 48.3 Å². The molecule has 0 aromatic carbocycles. The topological polar surface area (TPSA) is 24.5 Å². The largest absolute Gasteiger partial charge is 0.379 e. The standard InChI is InChI=1S/C17H32N2O/c1-14(2)15-11-18-17(7-5-4-6-8-17)12-19(15)16(3)9-10-20-13-16/h14-15,18H,4-13H2,1-3H3. The van der Waals surface area contributed by atoms with Gasteiger partial charge in [0.05, 0.1) is 6.61 Å². The van der Waals surface area contributed by atoms with Crippen LogP contribution in [0.5, 0.6) is 0 Å². The zero-order chi connectivity index (χ0) is 14.2. The molecule has 0 aromatic rings. The molecule has 0 radical (unpaired) electrons. The molecule has 0 bridgehead atoms. The quantitative estimate of drug-likeness (QED) is 0.842. The first kappa shape index (κ1) is 14.8. The Morgan fingerprint density at radius 2 is 1.90 bits per heavy atom. The van der Waals surface area contributed by atoms with Crippen LogP contribution >= 0.6 is 0 Å². The molecule has 3 heteroatoms. The predicted molar refractivity (Wildman–Crippen MR) is 83.0 cm³/mol. The lowest BCUT2D eigenvalue weighted by Gasteiger charge is -2.55. The molecule has 3 aliphatic rings. The highest BCUT2D eigenvalue weighted by Gasteiger charge is 2.48. The fraction of sp³-hybridized carbons (Fsp3) is 1.00. The van der Waals surface area contributed by atoms with Gasteiger partial charge in [0.15, 0.2) is 0 Å². The van der Waals surface area contributed by atoms with Crippen LogP contribution in [0.4, 0.5) is 0 Å². The number of nitrogens with one attached hydrogen (secondary N) is 1. The molecule has 0 aromatic heterocycles. The van der Waals surface area contributed by atoms with Crippen LogP contribution in [0, 0.1) is 5.92 Å². The first-order valence-corrected chi connectivity index (χ1v) is 8.64. The Labute approximate surface area is 124 Å². The van der Waals surface area contributed by atoms with Gasteiger partial charge in [0.25, 0.3) is 0 Å². The minimum atomic E-state index is 0.265. The summed E-state index contributed by atoms with van der Waals surface area (Å²) in [4.78, 5) is 2.83. The normalized spacial score (nSPS) is 38.7. The molecule has 1 saturated carbocycles. The number of piperazine rings is 1. The summed E-state index contributed by atoms with van der Waals surface area (Å²) >= 11 is 0. The Bertz CT molecular complexity index is 330. The number of nitrogens with zero attached hydrogens (tertiary/aromatic N) is 1. The fourth-order valence-corrected chi connectivity index (χ4v) is 4.56. The van der Waals surface area contributed by atoms with Gasteiger partial charge in [-0.3, -0.25) is 4.90 Å². The van der Waals surface area contributed by atoms with Crippen molar-refractivity contribution in [1.82, 2.24) is 10.2 Å². The van der Waals surface area contributed by atoms with E-state index in [-0.39, 0.29) is 5.54 Å². The molecule has 2 atom stereocenters. The predicted octanol–water partition coefficient (Wildman–Crippen LogP) is 2.80. The van der Waals surface area contributed by atoms with Crippen LogP contribution < -0.4 is 5.32 Å². The van der Waals surface area contributed by atoms with Crippen LogP contribution in [0.15, 0.2) is 0 Å². The Morgan fingerprint density at radius 1 is 1.15 bits per heavy atom. The summed E-state index contributed by atoms with van der Waals surface area (Å²) in [5, 5.41) is 3.95. The lowest BCUT2D eigenvalue weighted by molar-refractivity contribution is -0.0383. The number of rotatable bonds is 2. The Balaban J connectivity index is 1.80. The van der Waals surface area contributed by atoms with Gasteiger partial charge in [-0.1, -0.05) is 33.1 Å². The molecule has 20 heavy (non-hydrogen) atoms. The summed E-state index contributed by atoms with van der Waals surface area (Å²) in [6.45, 7) is 11.4. The molecular weight excluding hydrogens is 248 g/mol. The maximum Gasteiger partial charge on any atom is 0.0648 e. The lowest BCUT2D eigenvalue weighted by Crippen LogP contribution is -2.70. The monoisotopic (exact) mass is 280 g/mol. The molecule has 2 saturated heterocycles. The molecule has 2 unspecified atom stereocenters. The van der Waals surface area contributed by atoms with E-state index < -0.39 is 0 Å². The van der Waals surface area contributed by atoms with Crippen molar-refractivity contribution in [1.29, 1.82) is 0 Å². The van der Waals surface area contributed by atoms with Gasteiger partial charge < -0.3 is 10.1 Å². The maximum atomic E-state index is 5.76. The Kier molecular flexibility index (Phi) is 4.13. The van der Waals surface area contributed by atoms with Crippen LogP contribution in [-0.2, 0) is 4.74 Å². The van der Waals surface area contributed by atoms with Crippen LogP contribution in [0.2, 0.25) is 0 Å². The van der Waals surface area contributed by atoms with Gasteiger partial charge in [0, 0.05) is 36.8 Å². The van der Waals surface area contributed by atoms with Gasteiger partial charge >= 0.3 is 0 Å². The SMILES string of the molecule is CC(C)C1CNC2(CCCCC2)CN1C1(C)CCOC1. The molecule has 116 valence electrons. The third kappa shape index (κ3) is 2.65. The van der Waals surface area contributed by atoms with Gasteiger partial charge in [0.1, 0.15) is 0 Å². The zero-order valence-corrected chi connectivity index (χ0v) is 13.6. The molecular formula is C17H32N2O. The molecule has 2 heterocycles. The van der Waals surface area contributed by atoms with E-state index in [1.807, 2.05) is 0 Å². The van der Waals surface area contributed by atoms with E-state index in [2.05, 4.69) is 31.0 Å². The molecule has 1 aliphatic carbocycles. The molecule has 1 N–H and O–H groups in total. The zero-order valence-electron chi connectivity index (χ0n) is 13.6. The van der Waals surface area contributed by atoms with E-state index in [1.165, 1.54) is 45.1 Å². The molecule has 3 nitrogen and oxygen atoms in total. The third-order valence-corrected chi connectivity index (χ3v) is 6.03. The highest BCUT2D eigenvalue weighted by atomic mass is 16.5. The second-order valence-electron chi connectivity index (χ2n) is 7.96. The molecule has 2 aliphatic heterocycles. The highest BCUT2D eigenvalue weighted by Crippen LogP contribution is 2.38. The van der Waals surface area contributed by atoms with Crippen molar-refractivity contribution >= 4 is 0 Å². The van der Waals surface area contributed by atoms with Gasteiger partial charge in [-0.25, -0.2) is 0 Å². The van der Waals surface area contributed by atoms with Crippen LogP contribution in [0.1, 0.15) is 59.3 Å². The van der Waals surface area contributed by atoms with E-state index in [1.54, 1.807) is 0 Å². The van der Waals surface area contributed by atoms with Crippen LogP contribution in [0.25, 0.3) is 0 Å². The smallest absolute Gasteiger partial charge is 0.0648 e.